The maximum Gasteiger partial charge on any atom is 0.109 e. The molecule has 5 heteroatoms. The van der Waals surface area contributed by atoms with E-state index in [1.165, 1.54) is 0 Å². The Balaban J connectivity index is 2.77. The van der Waals surface area contributed by atoms with Crippen molar-refractivity contribution in [3.05, 3.63) is 0 Å². The smallest absolute Gasteiger partial charge is 0.109 e. The van der Waals surface area contributed by atoms with E-state index >= 15 is 0 Å². The van der Waals surface area contributed by atoms with Gasteiger partial charge in [-0.15, -0.1) is 0 Å². The lowest BCUT2D eigenvalue weighted by Crippen LogP contribution is -2.69. The number of aliphatic hydroxyl groups excluding tert-OH is 4. The van der Waals surface area contributed by atoms with Crippen LogP contribution in [0.25, 0.3) is 0 Å². The zero-order chi connectivity index (χ0) is 10.1. The maximum atomic E-state index is 9.63. The van der Waals surface area contributed by atoms with Crippen LogP contribution in [0, 0.1) is 0 Å². The number of rotatable bonds is 2. The fraction of sp³-hybridized carbons (Fsp3) is 1.00. The molecule has 0 unspecified atom stereocenters. The quantitative estimate of drug-likeness (QED) is 0.342. The molecule has 0 amide bonds. The van der Waals surface area contributed by atoms with Gasteiger partial charge in [0.2, 0.25) is 0 Å². The van der Waals surface area contributed by atoms with Crippen LogP contribution >= 0.6 is 0 Å². The molecule has 1 aliphatic rings. The van der Waals surface area contributed by atoms with Crippen molar-refractivity contribution in [2.75, 3.05) is 13.2 Å². The van der Waals surface area contributed by atoms with E-state index in [9.17, 15) is 15.3 Å². The van der Waals surface area contributed by atoms with Crippen molar-refractivity contribution >= 4 is 0 Å². The summed E-state index contributed by atoms with van der Waals surface area (Å²) in [6, 6.07) is 0. The van der Waals surface area contributed by atoms with E-state index in [0.717, 1.165) is 0 Å². The molecule has 1 aliphatic heterocycles. The second-order valence-electron chi connectivity index (χ2n) is 3.55. The highest BCUT2D eigenvalue weighted by molar-refractivity contribution is 5.03. The Bertz CT molecular complexity index is 172. The number of aliphatic hydroxyl groups is 4. The van der Waals surface area contributed by atoms with Crippen molar-refractivity contribution in [1.82, 2.24) is 5.32 Å². The van der Waals surface area contributed by atoms with E-state index in [0.29, 0.717) is 6.42 Å². The van der Waals surface area contributed by atoms with E-state index in [1.807, 2.05) is 0 Å². The van der Waals surface area contributed by atoms with Gasteiger partial charge in [0.1, 0.15) is 12.2 Å². The number of hydrogen-bond acceptors (Lipinski definition) is 5. The first-order valence-electron chi connectivity index (χ1n) is 4.47. The van der Waals surface area contributed by atoms with Gasteiger partial charge in [-0.1, -0.05) is 6.92 Å². The summed E-state index contributed by atoms with van der Waals surface area (Å²) in [7, 11) is 0. The lowest BCUT2D eigenvalue weighted by molar-refractivity contribution is -0.134. The summed E-state index contributed by atoms with van der Waals surface area (Å²) >= 11 is 0. The van der Waals surface area contributed by atoms with E-state index in [-0.39, 0.29) is 13.2 Å². The van der Waals surface area contributed by atoms with Crippen LogP contribution < -0.4 is 5.32 Å². The van der Waals surface area contributed by atoms with Crippen LogP contribution in [0.15, 0.2) is 0 Å². The lowest BCUT2D eigenvalue weighted by atomic mass is 9.81. The monoisotopic (exact) mass is 191 g/mol. The molecule has 0 aromatic rings. The third kappa shape index (κ3) is 1.70. The first kappa shape index (κ1) is 10.9. The molecule has 0 aromatic carbocycles. The summed E-state index contributed by atoms with van der Waals surface area (Å²) in [5, 5.41) is 40.2. The summed E-state index contributed by atoms with van der Waals surface area (Å²) < 4.78 is 0. The number of nitrogens with one attached hydrogen (secondary N) is 1. The Morgan fingerprint density at radius 1 is 1.38 bits per heavy atom. The van der Waals surface area contributed by atoms with Crippen molar-refractivity contribution in [3.8, 4) is 0 Å². The fourth-order valence-electron chi connectivity index (χ4n) is 1.67. The molecule has 4 atom stereocenters. The van der Waals surface area contributed by atoms with Gasteiger partial charge in [-0.05, 0) is 6.42 Å². The normalized spacial score (nSPS) is 46.4. The number of β-amino-alcohol motifs (C(OH)–C–C–N with tert-alkyl or cyclic N) is 1. The zero-order valence-electron chi connectivity index (χ0n) is 7.64. The Hall–Kier alpha value is -0.200. The van der Waals surface area contributed by atoms with Gasteiger partial charge in [0, 0.05) is 6.54 Å². The number of piperidine rings is 1. The molecule has 0 radical (unpaired) electrons. The van der Waals surface area contributed by atoms with Gasteiger partial charge in [-0.2, -0.15) is 0 Å². The highest BCUT2D eigenvalue weighted by Crippen LogP contribution is 2.23. The molecule has 1 fully saturated rings. The van der Waals surface area contributed by atoms with Crippen molar-refractivity contribution in [2.45, 2.75) is 37.2 Å². The molecule has 78 valence electrons. The molecular weight excluding hydrogens is 174 g/mol. The minimum Gasteiger partial charge on any atom is -0.394 e. The third-order valence-corrected chi connectivity index (χ3v) is 2.86. The molecule has 13 heavy (non-hydrogen) atoms. The topological polar surface area (TPSA) is 93.0 Å². The third-order valence-electron chi connectivity index (χ3n) is 2.86. The molecule has 5 N–H and O–H groups in total. The maximum absolute atomic E-state index is 9.63. The second kappa shape index (κ2) is 3.89. The molecule has 1 saturated heterocycles. The van der Waals surface area contributed by atoms with Crippen LogP contribution in [-0.4, -0.2) is 57.4 Å². The summed E-state index contributed by atoms with van der Waals surface area (Å²) in [6.07, 6.45) is -2.80. The van der Waals surface area contributed by atoms with Crippen molar-refractivity contribution < 1.29 is 20.4 Å². The molecule has 0 spiro atoms. The van der Waals surface area contributed by atoms with Crippen LogP contribution in [-0.2, 0) is 0 Å². The predicted octanol–water partition coefficient (Wildman–Crippen LogP) is -2.19. The molecule has 0 bridgehead atoms. The van der Waals surface area contributed by atoms with Gasteiger partial charge in [0.25, 0.3) is 0 Å². The van der Waals surface area contributed by atoms with E-state index in [2.05, 4.69) is 5.32 Å². The minimum absolute atomic E-state index is 0.187. The molecular formula is C8H17NO4. The summed E-state index contributed by atoms with van der Waals surface area (Å²) in [5.74, 6) is 0. The Morgan fingerprint density at radius 3 is 2.46 bits per heavy atom. The van der Waals surface area contributed by atoms with Crippen LogP contribution in [0.5, 0.6) is 0 Å². The van der Waals surface area contributed by atoms with Gasteiger partial charge in [-0.3, -0.25) is 0 Å². The molecule has 5 nitrogen and oxygen atoms in total. The SMILES string of the molecule is CC[C@@]1(CO)NC[C@H](O)[C@@H](O)[C@@H]1O. The predicted molar refractivity (Wildman–Crippen MR) is 46.1 cm³/mol. The van der Waals surface area contributed by atoms with Gasteiger partial charge in [0.15, 0.2) is 0 Å². The molecule has 1 rings (SSSR count). The molecule has 0 saturated carbocycles. The Morgan fingerprint density at radius 2 is 2.00 bits per heavy atom. The van der Waals surface area contributed by atoms with Gasteiger partial charge < -0.3 is 25.7 Å². The molecule has 0 aliphatic carbocycles. The van der Waals surface area contributed by atoms with E-state index in [4.69, 9.17) is 5.11 Å². The Labute approximate surface area is 77.0 Å². The fourth-order valence-corrected chi connectivity index (χ4v) is 1.67. The largest absolute Gasteiger partial charge is 0.394 e. The van der Waals surface area contributed by atoms with Gasteiger partial charge in [0.05, 0.1) is 18.2 Å². The van der Waals surface area contributed by atoms with Gasteiger partial charge >= 0.3 is 0 Å². The van der Waals surface area contributed by atoms with Crippen LogP contribution in [0.4, 0.5) is 0 Å². The average molecular weight is 191 g/mol. The highest BCUT2D eigenvalue weighted by Gasteiger charge is 2.46. The van der Waals surface area contributed by atoms with Crippen molar-refractivity contribution in [1.29, 1.82) is 0 Å². The first-order chi connectivity index (χ1) is 6.07. The average Bonchev–Trinajstić information content (AvgIpc) is 2.16. The minimum atomic E-state index is -1.19. The molecule has 1 heterocycles. The second-order valence-corrected chi connectivity index (χ2v) is 3.55. The lowest BCUT2D eigenvalue weighted by Gasteiger charge is -2.45. The van der Waals surface area contributed by atoms with Crippen LogP contribution in [0.3, 0.4) is 0 Å². The number of hydrogen-bond donors (Lipinski definition) is 5. The van der Waals surface area contributed by atoms with Gasteiger partial charge in [-0.25, -0.2) is 0 Å². The van der Waals surface area contributed by atoms with Crippen molar-refractivity contribution in [3.63, 3.8) is 0 Å². The zero-order valence-corrected chi connectivity index (χ0v) is 7.64. The summed E-state index contributed by atoms with van der Waals surface area (Å²) in [5.41, 5.74) is -0.876. The van der Waals surface area contributed by atoms with Crippen LogP contribution in [0.1, 0.15) is 13.3 Å². The molecule has 0 aromatic heterocycles. The highest BCUT2D eigenvalue weighted by atomic mass is 16.4. The van der Waals surface area contributed by atoms with Crippen molar-refractivity contribution in [2.24, 2.45) is 0 Å². The van der Waals surface area contributed by atoms with Crippen LogP contribution in [0.2, 0.25) is 0 Å². The first-order valence-corrected chi connectivity index (χ1v) is 4.47. The summed E-state index contributed by atoms with van der Waals surface area (Å²) in [4.78, 5) is 0. The standard InChI is InChI=1S/C8H17NO4/c1-2-8(4-10)7(13)6(12)5(11)3-9-8/h5-7,9-13H,2-4H2,1H3/t5-,6+,7-,8-/m0/s1. The van der Waals surface area contributed by atoms with E-state index < -0.39 is 23.9 Å². The Kier molecular flexibility index (Phi) is 3.26. The van der Waals surface area contributed by atoms with E-state index in [1.54, 1.807) is 6.92 Å². The summed E-state index contributed by atoms with van der Waals surface area (Å²) in [6.45, 7) is 1.73.